The molecule has 0 radical (unpaired) electrons. The van der Waals surface area contributed by atoms with Crippen LogP contribution in [0.3, 0.4) is 0 Å². The molecule has 232 valence electrons. The number of carbonyl (C=O) groups excluding carboxylic acids is 2. The van der Waals surface area contributed by atoms with E-state index in [1.165, 1.54) is 16.3 Å². The van der Waals surface area contributed by atoms with E-state index in [0.717, 1.165) is 54.4 Å². The lowest BCUT2D eigenvalue weighted by Crippen LogP contribution is -2.27. The maximum Gasteiger partial charge on any atom is 0.511 e. The number of para-hydroxylation sites is 1. The van der Waals surface area contributed by atoms with Gasteiger partial charge in [-0.25, -0.2) is 14.4 Å². The Bertz CT molecular complexity index is 1870. The molecule has 2 heterocycles. The van der Waals surface area contributed by atoms with Crippen LogP contribution in [0.1, 0.15) is 61.9 Å². The summed E-state index contributed by atoms with van der Waals surface area (Å²) in [6.45, 7) is 4.23. The highest BCUT2D eigenvalue weighted by Gasteiger charge is 2.24. The Kier molecular flexibility index (Phi) is 8.72. The van der Waals surface area contributed by atoms with Crippen LogP contribution in [-0.4, -0.2) is 54.3 Å². The number of H-pyrrole nitrogens is 1. The third kappa shape index (κ3) is 6.64. The van der Waals surface area contributed by atoms with Crippen LogP contribution in [0, 0.1) is 0 Å². The first-order valence-corrected chi connectivity index (χ1v) is 15.2. The second kappa shape index (κ2) is 13.2. The summed E-state index contributed by atoms with van der Waals surface area (Å²) in [7, 11) is 0. The van der Waals surface area contributed by atoms with Crippen molar-refractivity contribution >= 4 is 23.2 Å². The molecule has 3 aromatic carbocycles. The van der Waals surface area contributed by atoms with Gasteiger partial charge in [-0.15, -0.1) is 10.2 Å². The van der Waals surface area contributed by atoms with E-state index < -0.39 is 18.4 Å². The van der Waals surface area contributed by atoms with Crippen LogP contribution in [-0.2, 0) is 27.3 Å². The molecule has 12 nitrogen and oxygen atoms in total. The van der Waals surface area contributed by atoms with Gasteiger partial charge in [0.15, 0.2) is 0 Å². The van der Waals surface area contributed by atoms with Gasteiger partial charge in [-0.2, -0.15) is 4.80 Å². The second-order valence-corrected chi connectivity index (χ2v) is 11.0. The average Bonchev–Trinajstić information content (AvgIpc) is 3.66. The lowest BCUT2D eigenvalue weighted by molar-refractivity contribution is -0.0914. The van der Waals surface area contributed by atoms with Crippen molar-refractivity contribution in [2.45, 2.75) is 71.4 Å². The van der Waals surface area contributed by atoms with E-state index in [9.17, 15) is 14.4 Å². The van der Waals surface area contributed by atoms with E-state index in [2.05, 4.69) is 20.4 Å². The Balaban J connectivity index is 1.19. The number of aromatic amines is 1. The van der Waals surface area contributed by atoms with Gasteiger partial charge in [0.1, 0.15) is 6.10 Å². The van der Waals surface area contributed by atoms with Crippen LogP contribution >= 0.6 is 0 Å². The Morgan fingerprint density at radius 1 is 0.956 bits per heavy atom. The molecule has 12 heteroatoms. The molecule has 0 aliphatic heterocycles. The number of nitrogens with zero attached hydrogens (tertiary/aromatic N) is 5. The maximum absolute atomic E-state index is 13.2. The molecule has 1 atom stereocenters. The summed E-state index contributed by atoms with van der Waals surface area (Å²) in [6, 6.07) is 20.6. The molecule has 0 spiro atoms. The summed E-state index contributed by atoms with van der Waals surface area (Å²) in [5.74, 6) is -0.186. The van der Waals surface area contributed by atoms with Gasteiger partial charge in [0.2, 0.25) is 12.1 Å². The number of aromatic nitrogens is 6. The molecule has 0 unspecified atom stereocenters. The average molecular weight is 611 g/mol. The summed E-state index contributed by atoms with van der Waals surface area (Å²) < 4.78 is 17.5. The summed E-state index contributed by atoms with van der Waals surface area (Å²) in [5.41, 5.74) is 4.29. The number of esters is 1. The molecule has 1 saturated carbocycles. The first kappa shape index (κ1) is 29.8. The molecule has 0 bridgehead atoms. The molecule has 1 fully saturated rings. The predicted molar refractivity (Wildman–Crippen MR) is 165 cm³/mol. The van der Waals surface area contributed by atoms with Gasteiger partial charge in [0.25, 0.3) is 0 Å². The third-order valence-corrected chi connectivity index (χ3v) is 7.87. The lowest BCUT2D eigenvalue weighted by Gasteiger charge is -2.22. The number of aryl methyl sites for hydroxylation is 1. The number of carbonyl (C=O) groups is 2. The number of ether oxygens (including phenoxy) is 3. The minimum atomic E-state index is -1.18. The number of nitrogens with one attached hydrogen (secondary N) is 1. The van der Waals surface area contributed by atoms with Crippen LogP contribution in [0.25, 0.3) is 33.5 Å². The SMILES string of the molecule is CCn1nnc(-c2ccccc2-c2ccc(Cn3c(=O)[nH]c4cccc(C(=O)O[C@@H](C)OC(=O)OC5CCCCC5)c43)cc2)n1. The highest BCUT2D eigenvalue weighted by atomic mass is 16.8. The van der Waals surface area contributed by atoms with Gasteiger partial charge in [-0.3, -0.25) is 4.57 Å². The molecule has 2 aromatic heterocycles. The monoisotopic (exact) mass is 610 g/mol. The number of benzene rings is 3. The Morgan fingerprint density at radius 3 is 2.44 bits per heavy atom. The number of rotatable bonds is 9. The van der Waals surface area contributed by atoms with E-state index in [1.54, 1.807) is 18.2 Å². The van der Waals surface area contributed by atoms with E-state index in [1.807, 2.05) is 55.5 Å². The zero-order valence-electron chi connectivity index (χ0n) is 25.1. The molecular formula is C33H34N6O6. The van der Waals surface area contributed by atoms with Gasteiger partial charge >= 0.3 is 17.8 Å². The highest BCUT2D eigenvalue weighted by Crippen LogP contribution is 2.30. The zero-order chi connectivity index (χ0) is 31.3. The zero-order valence-corrected chi connectivity index (χ0v) is 25.1. The van der Waals surface area contributed by atoms with Crippen LogP contribution in [0.4, 0.5) is 4.79 Å². The molecular weight excluding hydrogens is 576 g/mol. The number of imidazole rings is 1. The van der Waals surface area contributed by atoms with Gasteiger partial charge in [-0.05, 0) is 66.6 Å². The Labute approximate surface area is 258 Å². The van der Waals surface area contributed by atoms with E-state index in [4.69, 9.17) is 14.2 Å². The van der Waals surface area contributed by atoms with Gasteiger partial charge < -0.3 is 19.2 Å². The van der Waals surface area contributed by atoms with E-state index in [-0.39, 0.29) is 23.9 Å². The van der Waals surface area contributed by atoms with Crippen molar-refractivity contribution in [3.63, 3.8) is 0 Å². The molecule has 1 aliphatic rings. The van der Waals surface area contributed by atoms with Crippen LogP contribution in [0.5, 0.6) is 0 Å². The number of tetrazole rings is 1. The molecule has 45 heavy (non-hydrogen) atoms. The van der Waals surface area contributed by atoms with Crippen molar-refractivity contribution < 1.29 is 23.8 Å². The van der Waals surface area contributed by atoms with Crippen molar-refractivity contribution in [3.05, 3.63) is 88.3 Å². The largest absolute Gasteiger partial charge is 0.511 e. The fourth-order valence-corrected chi connectivity index (χ4v) is 5.64. The number of fused-ring (bicyclic) bond motifs is 1. The summed E-state index contributed by atoms with van der Waals surface area (Å²) in [4.78, 5) is 42.9. The van der Waals surface area contributed by atoms with Crippen LogP contribution < -0.4 is 5.69 Å². The topological polar surface area (TPSA) is 143 Å². The summed E-state index contributed by atoms with van der Waals surface area (Å²) >= 11 is 0. The Morgan fingerprint density at radius 2 is 1.71 bits per heavy atom. The molecule has 5 aromatic rings. The van der Waals surface area contributed by atoms with E-state index in [0.29, 0.717) is 23.4 Å². The molecule has 0 saturated heterocycles. The first-order chi connectivity index (χ1) is 21.9. The van der Waals surface area contributed by atoms with Gasteiger partial charge in [0, 0.05) is 12.5 Å². The second-order valence-electron chi connectivity index (χ2n) is 11.0. The van der Waals surface area contributed by atoms with Crippen molar-refractivity contribution in [2.75, 3.05) is 0 Å². The molecule has 1 aliphatic carbocycles. The smallest absolute Gasteiger partial charge is 0.431 e. The third-order valence-electron chi connectivity index (χ3n) is 7.87. The number of hydrogen-bond donors (Lipinski definition) is 1. The highest BCUT2D eigenvalue weighted by molar-refractivity contribution is 6.02. The lowest BCUT2D eigenvalue weighted by atomic mass is 9.98. The van der Waals surface area contributed by atoms with Gasteiger partial charge in [0.05, 0.1) is 29.7 Å². The molecule has 1 N–H and O–H groups in total. The van der Waals surface area contributed by atoms with Crippen molar-refractivity contribution in [3.8, 4) is 22.5 Å². The van der Waals surface area contributed by atoms with Gasteiger partial charge in [-0.1, -0.05) is 61.0 Å². The quantitative estimate of drug-likeness (QED) is 0.164. The number of hydrogen-bond acceptors (Lipinski definition) is 9. The fraction of sp³-hybridized carbons (Fsp3) is 0.333. The summed E-state index contributed by atoms with van der Waals surface area (Å²) in [6.07, 6.45) is 2.51. The minimum absolute atomic E-state index is 0.167. The fourth-order valence-electron chi connectivity index (χ4n) is 5.64. The maximum atomic E-state index is 13.2. The van der Waals surface area contributed by atoms with Crippen LogP contribution in [0.2, 0.25) is 0 Å². The van der Waals surface area contributed by atoms with Crippen LogP contribution in [0.15, 0.2) is 71.5 Å². The molecule has 0 amide bonds. The predicted octanol–water partition coefficient (Wildman–Crippen LogP) is 5.71. The van der Waals surface area contributed by atoms with Crippen molar-refractivity contribution in [1.82, 2.24) is 29.8 Å². The molecule has 6 rings (SSSR count). The van der Waals surface area contributed by atoms with E-state index >= 15 is 0 Å². The normalized spacial score (nSPS) is 14.3. The standard InChI is InChI=1S/C33H34N6O6/c1-3-39-36-30(35-37-39)26-13-8-7-12-25(26)23-18-16-22(17-19-23)20-38-29-27(14-9-15-28(29)34-32(38)41)31(40)43-21(2)44-33(42)45-24-10-5-4-6-11-24/h7-9,12-19,21,24H,3-6,10-11,20H2,1-2H3,(H,34,41)/t21-/m1/s1. The Hall–Kier alpha value is -5.26. The van der Waals surface area contributed by atoms with Crippen molar-refractivity contribution in [2.24, 2.45) is 0 Å². The van der Waals surface area contributed by atoms with Crippen molar-refractivity contribution in [1.29, 1.82) is 0 Å². The first-order valence-electron chi connectivity index (χ1n) is 15.2. The minimum Gasteiger partial charge on any atom is -0.431 e. The summed E-state index contributed by atoms with van der Waals surface area (Å²) in [5, 5.41) is 12.7.